The van der Waals surface area contributed by atoms with E-state index in [2.05, 4.69) is 15.6 Å². The molecule has 0 radical (unpaired) electrons. The fourth-order valence-electron chi connectivity index (χ4n) is 1.93. The topological polar surface area (TPSA) is 63.2 Å². The number of pyridine rings is 1. The minimum Gasteiger partial charge on any atom is -0.497 e. The summed E-state index contributed by atoms with van der Waals surface area (Å²) in [7, 11) is 1.64. The van der Waals surface area contributed by atoms with Crippen molar-refractivity contribution in [2.45, 2.75) is 18.9 Å². The first-order valence-electron chi connectivity index (χ1n) is 6.92. The van der Waals surface area contributed by atoms with Gasteiger partial charge in [-0.25, -0.2) is 4.98 Å². The second kappa shape index (κ2) is 5.83. The summed E-state index contributed by atoms with van der Waals surface area (Å²) >= 11 is 0. The molecule has 1 aromatic carbocycles. The second-order valence-electron chi connectivity index (χ2n) is 5.03. The zero-order valence-electron chi connectivity index (χ0n) is 11.8. The number of ether oxygens (including phenoxy) is 1. The molecule has 1 amide bonds. The van der Waals surface area contributed by atoms with Crippen LogP contribution in [0.15, 0.2) is 42.6 Å². The van der Waals surface area contributed by atoms with Crippen LogP contribution in [0, 0.1) is 0 Å². The van der Waals surface area contributed by atoms with Gasteiger partial charge < -0.3 is 15.4 Å². The van der Waals surface area contributed by atoms with Crippen molar-refractivity contribution >= 4 is 17.3 Å². The first-order valence-corrected chi connectivity index (χ1v) is 6.92. The lowest BCUT2D eigenvalue weighted by atomic mass is 10.2. The molecule has 0 atom stereocenters. The molecule has 21 heavy (non-hydrogen) atoms. The van der Waals surface area contributed by atoms with Gasteiger partial charge in [0.15, 0.2) is 0 Å². The first-order chi connectivity index (χ1) is 10.2. The number of carbonyl (C=O) groups excluding carboxylic acids is 1. The fraction of sp³-hybridized carbons (Fsp3) is 0.250. The van der Waals surface area contributed by atoms with Crippen LogP contribution in [0.25, 0.3) is 0 Å². The van der Waals surface area contributed by atoms with E-state index in [1.165, 1.54) is 0 Å². The van der Waals surface area contributed by atoms with Crippen LogP contribution in [0.5, 0.6) is 5.75 Å². The van der Waals surface area contributed by atoms with Gasteiger partial charge in [0, 0.05) is 11.7 Å². The lowest BCUT2D eigenvalue weighted by Gasteiger charge is -2.08. The van der Waals surface area contributed by atoms with Crippen molar-refractivity contribution in [3.63, 3.8) is 0 Å². The zero-order chi connectivity index (χ0) is 14.7. The van der Waals surface area contributed by atoms with Gasteiger partial charge in [-0.05, 0) is 49.2 Å². The van der Waals surface area contributed by atoms with E-state index in [9.17, 15) is 4.79 Å². The summed E-state index contributed by atoms with van der Waals surface area (Å²) in [6, 6.07) is 11.5. The van der Waals surface area contributed by atoms with Gasteiger partial charge in [-0.1, -0.05) is 0 Å². The maximum Gasteiger partial charge on any atom is 0.270 e. The van der Waals surface area contributed by atoms with Crippen LogP contribution in [0.1, 0.15) is 23.3 Å². The third-order valence-corrected chi connectivity index (χ3v) is 3.29. The van der Waals surface area contributed by atoms with E-state index >= 15 is 0 Å². The Balaban J connectivity index is 1.64. The standard InChI is InChI=1S/C16H17N3O2/c1-21-14-7-4-11(5-8-14)18-13-6-9-15(17-10-13)16(20)19-12-2-3-12/h4-10,12,18H,2-3H2,1H3,(H,19,20). The maximum absolute atomic E-state index is 11.8. The SMILES string of the molecule is COc1ccc(Nc2ccc(C(=O)NC3CC3)nc2)cc1. The number of aromatic nitrogens is 1. The highest BCUT2D eigenvalue weighted by Crippen LogP contribution is 2.21. The second-order valence-corrected chi connectivity index (χ2v) is 5.03. The van der Waals surface area contributed by atoms with Crippen LogP contribution in [-0.2, 0) is 0 Å². The lowest BCUT2D eigenvalue weighted by Crippen LogP contribution is -2.26. The number of rotatable bonds is 5. The number of methoxy groups -OCH3 is 1. The molecule has 108 valence electrons. The molecule has 5 nitrogen and oxygen atoms in total. The Morgan fingerprint density at radius 1 is 1.14 bits per heavy atom. The van der Waals surface area contributed by atoms with Crippen molar-refractivity contribution in [2.75, 3.05) is 12.4 Å². The third-order valence-electron chi connectivity index (χ3n) is 3.29. The van der Waals surface area contributed by atoms with Gasteiger partial charge in [0.05, 0.1) is 19.0 Å². The zero-order valence-corrected chi connectivity index (χ0v) is 11.8. The molecule has 1 saturated carbocycles. The summed E-state index contributed by atoms with van der Waals surface area (Å²) in [5.74, 6) is 0.708. The molecular formula is C16H17N3O2. The van der Waals surface area contributed by atoms with Gasteiger partial charge in [-0.2, -0.15) is 0 Å². The van der Waals surface area contributed by atoms with Crippen LogP contribution in [-0.4, -0.2) is 24.0 Å². The highest BCUT2D eigenvalue weighted by molar-refractivity contribution is 5.92. The van der Waals surface area contributed by atoms with E-state index in [1.807, 2.05) is 30.3 Å². The molecule has 5 heteroatoms. The van der Waals surface area contributed by atoms with E-state index < -0.39 is 0 Å². The molecule has 1 fully saturated rings. The number of nitrogens with one attached hydrogen (secondary N) is 2. The van der Waals surface area contributed by atoms with E-state index in [0.29, 0.717) is 11.7 Å². The Hall–Kier alpha value is -2.56. The van der Waals surface area contributed by atoms with Crippen molar-refractivity contribution in [3.8, 4) is 5.75 Å². The molecule has 0 spiro atoms. The van der Waals surface area contributed by atoms with Gasteiger partial charge in [-0.15, -0.1) is 0 Å². The van der Waals surface area contributed by atoms with Crippen LogP contribution in [0.3, 0.4) is 0 Å². The number of carbonyl (C=O) groups is 1. The average molecular weight is 283 g/mol. The smallest absolute Gasteiger partial charge is 0.270 e. The Bertz CT molecular complexity index is 619. The largest absolute Gasteiger partial charge is 0.497 e. The molecule has 1 aromatic heterocycles. The minimum atomic E-state index is -0.103. The van der Waals surface area contributed by atoms with E-state index in [4.69, 9.17) is 4.74 Å². The summed E-state index contributed by atoms with van der Waals surface area (Å²) in [5.41, 5.74) is 2.22. The molecule has 0 saturated heterocycles. The Morgan fingerprint density at radius 3 is 2.43 bits per heavy atom. The molecule has 2 N–H and O–H groups in total. The maximum atomic E-state index is 11.8. The lowest BCUT2D eigenvalue weighted by molar-refractivity contribution is 0.0946. The normalized spacial score (nSPS) is 13.6. The van der Waals surface area contributed by atoms with Gasteiger partial charge >= 0.3 is 0 Å². The number of nitrogens with zero attached hydrogens (tertiary/aromatic N) is 1. The molecule has 2 aromatic rings. The van der Waals surface area contributed by atoms with Gasteiger partial charge in [0.1, 0.15) is 11.4 Å². The molecule has 1 aliphatic rings. The van der Waals surface area contributed by atoms with Gasteiger partial charge in [0.25, 0.3) is 5.91 Å². The van der Waals surface area contributed by atoms with Gasteiger partial charge in [0.2, 0.25) is 0 Å². The Morgan fingerprint density at radius 2 is 1.86 bits per heavy atom. The van der Waals surface area contributed by atoms with Crippen molar-refractivity contribution in [1.82, 2.24) is 10.3 Å². The van der Waals surface area contributed by atoms with Crippen LogP contribution < -0.4 is 15.4 Å². The van der Waals surface area contributed by atoms with Crippen molar-refractivity contribution in [2.24, 2.45) is 0 Å². The number of hydrogen-bond donors (Lipinski definition) is 2. The Kier molecular flexibility index (Phi) is 3.73. The van der Waals surface area contributed by atoms with Crippen molar-refractivity contribution in [1.29, 1.82) is 0 Å². The highest BCUT2D eigenvalue weighted by atomic mass is 16.5. The molecule has 3 rings (SSSR count). The molecule has 0 aliphatic heterocycles. The van der Waals surface area contributed by atoms with Crippen LogP contribution in [0.4, 0.5) is 11.4 Å². The monoisotopic (exact) mass is 283 g/mol. The third kappa shape index (κ3) is 3.51. The average Bonchev–Trinajstić information content (AvgIpc) is 3.33. The van der Waals surface area contributed by atoms with E-state index in [0.717, 1.165) is 30.0 Å². The van der Waals surface area contributed by atoms with Crippen LogP contribution >= 0.6 is 0 Å². The first kappa shape index (κ1) is 13.4. The summed E-state index contributed by atoms with van der Waals surface area (Å²) in [5, 5.41) is 6.14. The molecule has 1 heterocycles. The molecule has 0 unspecified atom stereocenters. The summed E-state index contributed by atoms with van der Waals surface area (Å²) in [4.78, 5) is 16.0. The fourth-order valence-corrected chi connectivity index (χ4v) is 1.93. The summed E-state index contributed by atoms with van der Waals surface area (Å²) in [6.07, 6.45) is 3.80. The van der Waals surface area contributed by atoms with E-state index in [1.54, 1.807) is 19.4 Å². The highest BCUT2D eigenvalue weighted by Gasteiger charge is 2.24. The predicted molar refractivity (Wildman–Crippen MR) is 81.0 cm³/mol. The van der Waals surface area contributed by atoms with Crippen molar-refractivity contribution in [3.05, 3.63) is 48.3 Å². The summed E-state index contributed by atoms with van der Waals surface area (Å²) in [6.45, 7) is 0. The number of hydrogen-bond acceptors (Lipinski definition) is 4. The van der Waals surface area contributed by atoms with Gasteiger partial charge in [-0.3, -0.25) is 4.79 Å². The predicted octanol–water partition coefficient (Wildman–Crippen LogP) is 2.73. The molecule has 0 bridgehead atoms. The summed E-state index contributed by atoms with van der Waals surface area (Å²) < 4.78 is 5.11. The molecule has 1 aliphatic carbocycles. The molecular weight excluding hydrogens is 266 g/mol. The number of amides is 1. The Labute approximate surface area is 123 Å². The van der Waals surface area contributed by atoms with Crippen LogP contribution in [0.2, 0.25) is 0 Å². The number of benzene rings is 1. The van der Waals surface area contributed by atoms with Crippen molar-refractivity contribution < 1.29 is 9.53 Å². The number of anilines is 2. The quantitative estimate of drug-likeness (QED) is 0.885. The minimum absolute atomic E-state index is 0.103. The van der Waals surface area contributed by atoms with E-state index in [-0.39, 0.29) is 5.91 Å².